The van der Waals surface area contributed by atoms with Crippen LogP contribution in [0.2, 0.25) is 0 Å². The summed E-state index contributed by atoms with van der Waals surface area (Å²) >= 11 is 0. The average Bonchev–Trinajstić information content (AvgIpc) is 2.88. The van der Waals surface area contributed by atoms with Gasteiger partial charge in [-0.1, -0.05) is 72.3 Å². The molecule has 0 aliphatic carbocycles. The molecule has 4 rings (SSSR count). The number of carbonyl (C=O) groups is 1. The van der Waals surface area contributed by atoms with Gasteiger partial charge in [-0.25, -0.2) is 12.7 Å². The molecule has 0 bridgehead atoms. The van der Waals surface area contributed by atoms with Crippen molar-refractivity contribution in [2.45, 2.75) is 30.1 Å². The van der Waals surface area contributed by atoms with Gasteiger partial charge in [0.2, 0.25) is 5.91 Å². The van der Waals surface area contributed by atoms with Gasteiger partial charge in [0.25, 0.3) is 10.0 Å². The van der Waals surface area contributed by atoms with Crippen LogP contribution in [0, 0.1) is 6.92 Å². The van der Waals surface area contributed by atoms with Gasteiger partial charge in [0, 0.05) is 18.3 Å². The molecule has 4 nitrogen and oxygen atoms in total. The highest BCUT2D eigenvalue weighted by Gasteiger charge is 2.40. The van der Waals surface area contributed by atoms with E-state index in [0.29, 0.717) is 5.69 Å². The predicted molar refractivity (Wildman–Crippen MR) is 119 cm³/mol. The van der Waals surface area contributed by atoms with Gasteiger partial charge in [0.15, 0.2) is 0 Å². The molecule has 1 amide bonds. The number of benzene rings is 3. The minimum atomic E-state index is -4.05. The largest absolute Gasteiger partial charge is 0.273 e. The van der Waals surface area contributed by atoms with E-state index in [1.54, 1.807) is 36.4 Å². The van der Waals surface area contributed by atoms with Crippen molar-refractivity contribution in [3.05, 3.63) is 108 Å². The van der Waals surface area contributed by atoms with E-state index in [1.165, 1.54) is 0 Å². The number of aryl methyl sites for hydroxylation is 1. The minimum Gasteiger partial charge on any atom is -0.273 e. The van der Waals surface area contributed by atoms with Crippen molar-refractivity contribution in [3.8, 4) is 0 Å². The Hall–Kier alpha value is -3.18. The molecule has 3 aromatic carbocycles. The molecule has 152 valence electrons. The molecule has 1 unspecified atom stereocenters. The van der Waals surface area contributed by atoms with E-state index >= 15 is 0 Å². The van der Waals surface area contributed by atoms with Crippen molar-refractivity contribution >= 4 is 21.6 Å². The summed E-state index contributed by atoms with van der Waals surface area (Å²) in [6.07, 6.45) is 1.88. The maximum Gasteiger partial charge on any atom is 0.270 e. The standard InChI is InChI=1S/C25H23NO3S/c1-3-21-22-11-7-8-12-24(22)26(30(28,29)20-15-13-18(2)14-16-20)25(27)17-23(21)19-9-5-4-6-10-19/h3-16,21,23H,1,17H2,2H3/t21?,23-/m1/s1. The lowest BCUT2D eigenvalue weighted by atomic mass is 9.80. The fourth-order valence-corrected chi connectivity index (χ4v) is 5.56. The van der Waals surface area contributed by atoms with Crippen LogP contribution in [0.4, 0.5) is 5.69 Å². The second kappa shape index (κ2) is 7.92. The van der Waals surface area contributed by atoms with Crippen LogP contribution in [0.1, 0.15) is 34.9 Å². The Morgan fingerprint density at radius 3 is 2.23 bits per heavy atom. The number of carbonyl (C=O) groups excluding carboxylic acids is 1. The number of amides is 1. The van der Waals surface area contributed by atoms with Crippen molar-refractivity contribution in [3.63, 3.8) is 0 Å². The third-order valence-electron chi connectivity index (χ3n) is 5.61. The van der Waals surface area contributed by atoms with Gasteiger partial charge < -0.3 is 0 Å². The van der Waals surface area contributed by atoms with Crippen LogP contribution in [-0.4, -0.2) is 14.3 Å². The maximum atomic E-state index is 13.5. The SMILES string of the molecule is C=CC1c2ccccc2N(S(=O)(=O)c2ccc(C)cc2)C(=O)C[C@@H]1c1ccccc1. The van der Waals surface area contributed by atoms with Crippen LogP contribution in [-0.2, 0) is 14.8 Å². The zero-order chi connectivity index (χ0) is 21.3. The monoisotopic (exact) mass is 417 g/mol. The molecular weight excluding hydrogens is 394 g/mol. The van der Waals surface area contributed by atoms with Gasteiger partial charge in [0.1, 0.15) is 0 Å². The summed E-state index contributed by atoms with van der Waals surface area (Å²) in [4.78, 5) is 13.5. The number of sulfonamides is 1. The molecule has 5 heteroatoms. The van der Waals surface area contributed by atoms with E-state index in [2.05, 4.69) is 6.58 Å². The van der Waals surface area contributed by atoms with E-state index < -0.39 is 15.9 Å². The van der Waals surface area contributed by atoms with E-state index in [0.717, 1.165) is 21.0 Å². The Morgan fingerprint density at radius 1 is 0.933 bits per heavy atom. The maximum absolute atomic E-state index is 13.5. The lowest BCUT2D eigenvalue weighted by molar-refractivity contribution is -0.117. The number of fused-ring (bicyclic) bond motifs is 1. The van der Waals surface area contributed by atoms with Crippen molar-refractivity contribution < 1.29 is 13.2 Å². The Labute approximate surface area is 177 Å². The van der Waals surface area contributed by atoms with Crippen LogP contribution in [0.3, 0.4) is 0 Å². The second-order valence-corrected chi connectivity index (χ2v) is 9.30. The molecule has 0 saturated heterocycles. The molecule has 0 radical (unpaired) electrons. The summed E-state index contributed by atoms with van der Waals surface area (Å²) in [5, 5.41) is 0. The average molecular weight is 418 g/mol. The van der Waals surface area contributed by atoms with Crippen molar-refractivity contribution in [1.82, 2.24) is 0 Å². The third-order valence-corrected chi connectivity index (χ3v) is 7.36. The van der Waals surface area contributed by atoms with Gasteiger partial charge in [-0.15, -0.1) is 6.58 Å². The molecule has 3 aromatic rings. The van der Waals surface area contributed by atoms with Crippen LogP contribution in [0.25, 0.3) is 0 Å². The van der Waals surface area contributed by atoms with Gasteiger partial charge in [-0.3, -0.25) is 4.79 Å². The summed E-state index contributed by atoms with van der Waals surface area (Å²) in [5.74, 6) is -0.831. The van der Waals surface area contributed by atoms with Crippen LogP contribution >= 0.6 is 0 Å². The first-order valence-electron chi connectivity index (χ1n) is 9.84. The summed E-state index contributed by atoms with van der Waals surface area (Å²) in [5.41, 5.74) is 3.11. The summed E-state index contributed by atoms with van der Waals surface area (Å²) in [6, 6.07) is 23.5. The Kier molecular flexibility index (Phi) is 5.31. The molecule has 0 fully saturated rings. The van der Waals surface area contributed by atoms with Gasteiger partial charge in [-0.2, -0.15) is 0 Å². The highest BCUT2D eigenvalue weighted by molar-refractivity contribution is 7.93. The first kappa shape index (κ1) is 20.1. The summed E-state index contributed by atoms with van der Waals surface area (Å²) < 4.78 is 28.1. The van der Waals surface area contributed by atoms with E-state index in [9.17, 15) is 13.2 Å². The Morgan fingerprint density at radius 2 is 1.57 bits per heavy atom. The van der Waals surface area contributed by atoms with E-state index in [4.69, 9.17) is 0 Å². The Balaban J connectivity index is 1.90. The number of allylic oxidation sites excluding steroid dienone is 1. The minimum absolute atomic E-state index is 0.0699. The number of hydrogen-bond acceptors (Lipinski definition) is 3. The molecule has 1 heterocycles. The highest BCUT2D eigenvalue weighted by atomic mass is 32.2. The zero-order valence-electron chi connectivity index (χ0n) is 16.7. The van der Waals surface area contributed by atoms with Gasteiger partial charge >= 0.3 is 0 Å². The predicted octanol–water partition coefficient (Wildman–Crippen LogP) is 5.17. The molecule has 0 N–H and O–H groups in total. The second-order valence-electron chi connectivity index (χ2n) is 7.52. The third kappa shape index (κ3) is 3.46. The summed E-state index contributed by atoms with van der Waals surface area (Å²) in [6.45, 7) is 5.89. The zero-order valence-corrected chi connectivity index (χ0v) is 17.5. The number of hydrogen-bond donors (Lipinski definition) is 0. The van der Waals surface area contributed by atoms with Crippen molar-refractivity contribution in [1.29, 1.82) is 0 Å². The summed E-state index contributed by atoms with van der Waals surface area (Å²) in [7, 11) is -4.05. The van der Waals surface area contributed by atoms with Crippen molar-refractivity contribution in [2.24, 2.45) is 0 Å². The lowest BCUT2D eigenvalue weighted by Gasteiger charge is -2.24. The molecule has 0 aromatic heterocycles. The fourth-order valence-electron chi connectivity index (χ4n) is 4.10. The first-order valence-corrected chi connectivity index (χ1v) is 11.3. The molecular formula is C25H23NO3S. The fraction of sp³-hybridized carbons (Fsp3) is 0.160. The quantitative estimate of drug-likeness (QED) is 0.550. The smallest absolute Gasteiger partial charge is 0.270 e. The van der Waals surface area contributed by atoms with E-state index in [-0.39, 0.29) is 23.2 Å². The highest BCUT2D eigenvalue weighted by Crippen LogP contribution is 2.45. The number of para-hydroxylation sites is 1. The van der Waals surface area contributed by atoms with Crippen LogP contribution < -0.4 is 4.31 Å². The van der Waals surface area contributed by atoms with Crippen LogP contribution in [0.5, 0.6) is 0 Å². The topological polar surface area (TPSA) is 54.5 Å². The normalized spacial score (nSPS) is 19.1. The van der Waals surface area contributed by atoms with Gasteiger partial charge in [-0.05, 0) is 36.2 Å². The molecule has 0 spiro atoms. The number of nitrogens with zero attached hydrogens (tertiary/aromatic N) is 1. The molecule has 1 aliphatic rings. The Bertz CT molecular complexity index is 1180. The van der Waals surface area contributed by atoms with E-state index in [1.807, 2.05) is 55.5 Å². The molecule has 2 atom stereocenters. The van der Waals surface area contributed by atoms with Crippen LogP contribution in [0.15, 0.2) is 96.4 Å². The molecule has 1 aliphatic heterocycles. The molecule has 30 heavy (non-hydrogen) atoms. The molecule has 0 saturated carbocycles. The van der Waals surface area contributed by atoms with Crippen molar-refractivity contribution in [2.75, 3.05) is 4.31 Å². The number of rotatable bonds is 4. The van der Waals surface area contributed by atoms with Gasteiger partial charge in [0.05, 0.1) is 10.6 Å². The lowest BCUT2D eigenvalue weighted by Crippen LogP contribution is -2.37. The number of anilines is 1. The first-order chi connectivity index (χ1) is 14.4.